The number of aromatic nitrogens is 3. The fourth-order valence-corrected chi connectivity index (χ4v) is 6.69. The van der Waals surface area contributed by atoms with E-state index in [2.05, 4.69) is 21.8 Å². The molecule has 1 aromatic carbocycles. The van der Waals surface area contributed by atoms with Gasteiger partial charge in [-0.25, -0.2) is 8.42 Å². The van der Waals surface area contributed by atoms with Crippen LogP contribution in [0, 0.1) is 27.7 Å². The number of likely N-dealkylation sites (N-methyl/N-ethyl adjacent to an activating group) is 1. The number of aryl methyl sites for hydroxylation is 2. The molecule has 1 fully saturated rings. The zero-order valence-corrected chi connectivity index (χ0v) is 21.5. The Bertz CT molecular complexity index is 1310. The molecule has 0 aliphatic carbocycles. The molecule has 0 radical (unpaired) electrons. The molecule has 182 valence electrons. The van der Waals surface area contributed by atoms with Crippen molar-refractivity contribution in [3.05, 3.63) is 75.9 Å². The Morgan fingerprint density at radius 3 is 2.47 bits per heavy atom. The summed E-state index contributed by atoms with van der Waals surface area (Å²) < 4.78 is 27.9. The Kier molecular flexibility index (Phi) is 6.82. The molecule has 4 rings (SSSR count). The van der Waals surface area contributed by atoms with Crippen molar-refractivity contribution in [1.82, 2.24) is 19.2 Å². The van der Waals surface area contributed by atoms with Crippen LogP contribution in [0.5, 0.6) is 0 Å². The molecular weight excluding hydrogens is 448 g/mol. The van der Waals surface area contributed by atoms with Crippen LogP contribution in [0.15, 0.2) is 36.4 Å². The van der Waals surface area contributed by atoms with Gasteiger partial charge in [-0.1, -0.05) is 30.3 Å². The van der Waals surface area contributed by atoms with Crippen LogP contribution in [-0.4, -0.2) is 58.5 Å². The van der Waals surface area contributed by atoms with Gasteiger partial charge in [-0.3, -0.25) is 14.4 Å². The van der Waals surface area contributed by atoms with E-state index in [1.807, 2.05) is 68.6 Å². The molecule has 0 unspecified atom stereocenters. The van der Waals surface area contributed by atoms with Gasteiger partial charge in [-0.05, 0) is 52.8 Å². The lowest BCUT2D eigenvalue weighted by molar-refractivity contribution is 0.0942. The molecule has 1 atom stereocenters. The topological polar surface area (TPSA) is 77.2 Å². The fourth-order valence-electron chi connectivity index (χ4n) is 5.00. The van der Waals surface area contributed by atoms with Gasteiger partial charge in [-0.15, -0.1) is 0 Å². The summed E-state index contributed by atoms with van der Waals surface area (Å²) in [4.78, 5) is 15.2. The van der Waals surface area contributed by atoms with E-state index >= 15 is 0 Å². The molecule has 8 heteroatoms. The first kappa shape index (κ1) is 24.4. The fraction of sp³-hybridized carbons (Fsp3) is 0.462. The van der Waals surface area contributed by atoms with Crippen molar-refractivity contribution in [2.45, 2.75) is 53.2 Å². The van der Waals surface area contributed by atoms with Crippen LogP contribution in [0.4, 0.5) is 0 Å². The zero-order chi connectivity index (χ0) is 24.6. The van der Waals surface area contributed by atoms with E-state index in [9.17, 15) is 13.2 Å². The van der Waals surface area contributed by atoms with E-state index in [4.69, 9.17) is 0 Å². The first-order valence-electron chi connectivity index (χ1n) is 11.7. The van der Waals surface area contributed by atoms with Crippen molar-refractivity contribution in [2.24, 2.45) is 0 Å². The van der Waals surface area contributed by atoms with E-state index in [0.717, 1.165) is 40.4 Å². The Morgan fingerprint density at radius 2 is 1.82 bits per heavy atom. The average Bonchev–Trinajstić information content (AvgIpc) is 3.38. The molecule has 1 aliphatic rings. The first-order chi connectivity index (χ1) is 16.1. The summed E-state index contributed by atoms with van der Waals surface area (Å²) in [6, 6.07) is 12.2. The third-order valence-electron chi connectivity index (χ3n) is 6.93. The lowest BCUT2D eigenvalue weighted by atomic mass is 10.1. The highest BCUT2D eigenvalue weighted by Crippen LogP contribution is 2.27. The molecule has 0 N–H and O–H groups in total. The number of carbonyl (C=O) groups excluding carboxylic acids is 1. The lowest BCUT2D eigenvalue weighted by Gasteiger charge is -2.17. The number of ketones is 1. The number of carbonyl (C=O) groups is 1. The second kappa shape index (κ2) is 9.50. The van der Waals surface area contributed by atoms with Gasteiger partial charge in [0.1, 0.15) is 0 Å². The summed E-state index contributed by atoms with van der Waals surface area (Å²) in [6.45, 7) is 9.64. The van der Waals surface area contributed by atoms with Crippen LogP contribution >= 0.6 is 0 Å². The molecule has 3 heterocycles. The van der Waals surface area contributed by atoms with Crippen LogP contribution in [-0.2, 0) is 22.9 Å². The Labute approximate surface area is 202 Å². The molecule has 0 saturated carbocycles. The molecule has 1 aliphatic heterocycles. The smallest absolute Gasteiger partial charge is 0.178 e. The minimum atomic E-state index is -2.98. The van der Waals surface area contributed by atoms with Gasteiger partial charge in [0, 0.05) is 41.3 Å². The molecule has 3 aromatic rings. The van der Waals surface area contributed by atoms with Crippen molar-refractivity contribution in [3.8, 4) is 0 Å². The number of rotatable bonds is 8. The molecule has 0 amide bonds. The minimum absolute atomic E-state index is 0.0968. The summed E-state index contributed by atoms with van der Waals surface area (Å²) in [6.07, 6.45) is 0.608. The quantitative estimate of drug-likeness (QED) is 0.458. The van der Waals surface area contributed by atoms with Crippen molar-refractivity contribution < 1.29 is 13.2 Å². The van der Waals surface area contributed by atoms with Crippen molar-refractivity contribution >= 4 is 15.6 Å². The third-order valence-corrected chi connectivity index (χ3v) is 8.68. The number of sulfone groups is 1. The van der Waals surface area contributed by atoms with E-state index in [-0.39, 0.29) is 23.3 Å². The number of benzene rings is 1. The van der Waals surface area contributed by atoms with Gasteiger partial charge in [0.2, 0.25) is 0 Å². The van der Waals surface area contributed by atoms with Gasteiger partial charge < -0.3 is 4.57 Å². The Hall–Kier alpha value is -2.71. The van der Waals surface area contributed by atoms with Gasteiger partial charge >= 0.3 is 0 Å². The maximum absolute atomic E-state index is 13.2. The van der Waals surface area contributed by atoms with Gasteiger partial charge in [0.05, 0.1) is 29.8 Å². The summed E-state index contributed by atoms with van der Waals surface area (Å²) in [7, 11) is -1.04. The molecule has 1 saturated heterocycles. The lowest BCUT2D eigenvalue weighted by Crippen LogP contribution is -2.26. The van der Waals surface area contributed by atoms with Gasteiger partial charge in [-0.2, -0.15) is 5.10 Å². The highest BCUT2D eigenvalue weighted by atomic mass is 32.2. The second-order valence-corrected chi connectivity index (χ2v) is 11.8. The number of nitrogens with zero attached hydrogens (tertiary/aromatic N) is 4. The van der Waals surface area contributed by atoms with Crippen LogP contribution in [0.3, 0.4) is 0 Å². The van der Waals surface area contributed by atoms with E-state index < -0.39 is 9.84 Å². The van der Waals surface area contributed by atoms with Crippen molar-refractivity contribution in [2.75, 3.05) is 25.1 Å². The molecular formula is C26H34N4O3S. The third kappa shape index (κ3) is 5.03. The highest BCUT2D eigenvalue weighted by molar-refractivity contribution is 7.91. The van der Waals surface area contributed by atoms with Crippen LogP contribution in [0.2, 0.25) is 0 Å². The first-order valence-corrected chi connectivity index (χ1v) is 13.5. The highest BCUT2D eigenvalue weighted by Gasteiger charge is 2.31. The largest absolute Gasteiger partial charge is 0.344 e. The van der Waals surface area contributed by atoms with Crippen molar-refractivity contribution in [1.29, 1.82) is 0 Å². The summed E-state index contributed by atoms with van der Waals surface area (Å²) in [5.41, 5.74) is 6.98. The van der Waals surface area contributed by atoms with Crippen LogP contribution in [0.1, 0.15) is 56.7 Å². The Morgan fingerprint density at radius 1 is 1.12 bits per heavy atom. The number of hydrogen-bond donors (Lipinski definition) is 0. The summed E-state index contributed by atoms with van der Waals surface area (Å²) in [5, 5.41) is 4.65. The van der Waals surface area contributed by atoms with Crippen molar-refractivity contribution in [3.63, 3.8) is 0 Å². The maximum Gasteiger partial charge on any atom is 0.178 e. The van der Waals surface area contributed by atoms with E-state index in [1.165, 1.54) is 5.56 Å². The number of Topliss-reactive ketones (excluding diaryl/α,β-unsaturated/α-hetero) is 1. The summed E-state index contributed by atoms with van der Waals surface area (Å²) >= 11 is 0. The van der Waals surface area contributed by atoms with Crippen LogP contribution < -0.4 is 0 Å². The number of hydrogen-bond acceptors (Lipinski definition) is 5. The SMILES string of the molecule is Cc1nn([C@@H]2CCS(=O)(=O)C2)c(C)c1CN(C)CC(=O)c1cc(C)n(Cc2ccccc2)c1C. The average molecular weight is 483 g/mol. The second-order valence-electron chi connectivity index (χ2n) is 9.60. The zero-order valence-electron chi connectivity index (χ0n) is 20.7. The molecule has 7 nitrogen and oxygen atoms in total. The minimum Gasteiger partial charge on any atom is -0.344 e. The normalized spacial score (nSPS) is 17.5. The maximum atomic E-state index is 13.2. The van der Waals surface area contributed by atoms with Gasteiger partial charge in [0.15, 0.2) is 15.6 Å². The standard InChI is InChI=1S/C26H34N4O3S/c1-18-13-24(20(3)29(18)14-22-9-7-6-8-10-22)26(31)16-28(5)15-25-19(2)27-30(21(25)4)23-11-12-34(32,33)17-23/h6-10,13,23H,11-12,14-17H2,1-5H3/t23-/m1/s1. The van der Waals surface area contributed by atoms with Gasteiger partial charge in [0.25, 0.3) is 0 Å². The monoisotopic (exact) mass is 482 g/mol. The van der Waals surface area contributed by atoms with Crippen LogP contribution in [0.25, 0.3) is 0 Å². The predicted molar refractivity (Wildman–Crippen MR) is 134 cm³/mol. The molecule has 0 bridgehead atoms. The summed E-state index contributed by atoms with van der Waals surface area (Å²) in [5.74, 6) is 0.475. The van der Waals surface area contributed by atoms with E-state index in [1.54, 1.807) is 0 Å². The molecule has 34 heavy (non-hydrogen) atoms. The predicted octanol–water partition coefficient (Wildman–Crippen LogP) is 3.64. The van der Waals surface area contributed by atoms with E-state index in [0.29, 0.717) is 19.5 Å². The molecule has 2 aromatic heterocycles. The molecule has 0 spiro atoms. The Balaban J connectivity index is 1.45.